The zero-order valence-electron chi connectivity index (χ0n) is 15.5. The first-order valence-electron chi connectivity index (χ1n) is 9.50. The largest absolute Gasteiger partial charge is 0.478 e. The summed E-state index contributed by atoms with van der Waals surface area (Å²) in [4.78, 5) is 26.6. The Labute approximate surface area is 167 Å². The molecule has 0 radical (unpaired) electrons. The molecule has 1 aliphatic heterocycles. The molecular formula is C24H18FNO3. The Hall–Kier alpha value is -3.47. The summed E-state index contributed by atoms with van der Waals surface area (Å²) in [6, 6.07) is 20.8. The third kappa shape index (κ3) is 2.65. The van der Waals surface area contributed by atoms with E-state index < -0.39 is 11.4 Å². The average molecular weight is 387 g/mol. The van der Waals surface area contributed by atoms with Crippen LogP contribution in [-0.2, 0) is 16.8 Å². The first-order chi connectivity index (χ1) is 14.0. The molecule has 1 saturated carbocycles. The van der Waals surface area contributed by atoms with Crippen LogP contribution in [0.2, 0.25) is 0 Å². The number of para-hydroxylation sites is 1. The number of carbonyl (C=O) groups excluding carboxylic acids is 1. The lowest BCUT2D eigenvalue weighted by Gasteiger charge is -2.19. The van der Waals surface area contributed by atoms with Crippen molar-refractivity contribution >= 4 is 17.6 Å². The maximum Gasteiger partial charge on any atom is 0.335 e. The fraction of sp³-hybridized carbons (Fsp3) is 0.167. The summed E-state index contributed by atoms with van der Waals surface area (Å²) in [6.45, 7) is 0.314. The number of nitrogens with zero attached hydrogens (tertiary/aromatic N) is 1. The van der Waals surface area contributed by atoms with Gasteiger partial charge in [-0.25, -0.2) is 9.18 Å². The molecule has 0 saturated heterocycles. The van der Waals surface area contributed by atoms with Crippen molar-refractivity contribution < 1.29 is 19.1 Å². The molecule has 0 aromatic heterocycles. The fourth-order valence-electron chi connectivity index (χ4n) is 4.59. The fourth-order valence-corrected chi connectivity index (χ4v) is 4.59. The summed E-state index contributed by atoms with van der Waals surface area (Å²) in [5.74, 6) is -1.24. The third-order valence-corrected chi connectivity index (χ3v) is 6.05. The number of benzene rings is 3. The topological polar surface area (TPSA) is 57.6 Å². The minimum Gasteiger partial charge on any atom is -0.478 e. The van der Waals surface area contributed by atoms with Gasteiger partial charge in [0.1, 0.15) is 5.82 Å². The summed E-state index contributed by atoms with van der Waals surface area (Å²) < 4.78 is 13.3. The van der Waals surface area contributed by atoms with Gasteiger partial charge in [-0.15, -0.1) is 0 Å². The van der Waals surface area contributed by atoms with E-state index in [1.54, 1.807) is 35.2 Å². The number of rotatable bonds is 4. The molecule has 5 rings (SSSR count). The molecule has 3 aromatic rings. The summed E-state index contributed by atoms with van der Waals surface area (Å²) in [7, 11) is 0. The van der Waals surface area contributed by atoms with E-state index in [0.29, 0.717) is 13.0 Å². The van der Waals surface area contributed by atoms with Gasteiger partial charge in [-0.3, -0.25) is 4.79 Å². The van der Waals surface area contributed by atoms with E-state index in [2.05, 4.69) is 0 Å². The monoisotopic (exact) mass is 387 g/mol. The minimum absolute atomic E-state index is 0.0205. The summed E-state index contributed by atoms with van der Waals surface area (Å²) in [6.07, 6.45) is 0.695. The molecule has 29 heavy (non-hydrogen) atoms. The van der Waals surface area contributed by atoms with E-state index in [-0.39, 0.29) is 23.2 Å². The van der Waals surface area contributed by atoms with E-state index in [1.165, 1.54) is 12.1 Å². The standard InChI is InChI=1S/C24H18FNO3/c25-18-10-8-16(9-11-18)20-13-24(20)19-6-1-2-7-21(19)26(23(24)29)14-15-4-3-5-17(12-15)22(27)28/h1-12,20H,13-14H2,(H,27,28)/t20-,24?/m1/s1. The summed E-state index contributed by atoms with van der Waals surface area (Å²) in [5, 5.41) is 9.25. The number of hydrogen-bond acceptors (Lipinski definition) is 2. The Balaban J connectivity index is 1.51. The van der Waals surface area contributed by atoms with Gasteiger partial charge in [0.15, 0.2) is 0 Å². The number of anilines is 1. The highest BCUT2D eigenvalue weighted by atomic mass is 19.1. The molecule has 1 spiro atoms. The van der Waals surface area contributed by atoms with Gasteiger partial charge in [0, 0.05) is 11.6 Å². The number of fused-ring (bicyclic) bond motifs is 2. The molecule has 0 bridgehead atoms. The van der Waals surface area contributed by atoms with E-state index in [9.17, 15) is 19.1 Å². The number of carboxylic acid groups (broad SMARTS) is 1. The van der Waals surface area contributed by atoms with E-state index >= 15 is 0 Å². The minimum atomic E-state index is -0.991. The average Bonchev–Trinajstić information content (AvgIpc) is 3.44. The number of carbonyl (C=O) groups is 2. The van der Waals surface area contributed by atoms with Gasteiger partial charge in [0.25, 0.3) is 0 Å². The number of hydrogen-bond donors (Lipinski definition) is 1. The van der Waals surface area contributed by atoms with Crippen LogP contribution in [0.15, 0.2) is 72.8 Å². The van der Waals surface area contributed by atoms with E-state index in [1.807, 2.05) is 30.3 Å². The van der Waals surface area contributed by atoms with Gasteiger partial charge in [0.2, 0.25) is 5.91 Å². The van der Waals surface area contributed by atoms with Crippen molar-refractivity contribution in [2.75, 3.05) is 4.90 Å². The molecule has 5 heteroatoms. The van der Waals surface area contributed by atoms with Gasteiger partial charge in [-0.2, -0.15) is 0 Å². The van der Waals surface area contributed by atoms with Crippen LogP contribution in [0.4, 0.5) is 10.1 Å². The summed E-state index contributed by atoms with van der Waals surface area (Å²) in [5.41, 5.74) is 3.18. The van der Waals surface area contributed by atoms with Crippen molar-refractivity contribution in [2.45, 2.75) is 24.3 Å². The third-order valence-electron chi connectivity index (χ3n) is 6.05. The van der Waals surface area contributed by atoms with Crippen molar-refractivity contribution in [1.82, 2.24) is 0 Å². The van der Waals surface area contributed by atoms with E-state index in [4.69, 9.17) is 0 Å². The predicted octanol–water partition coefficient (Wildman–Crippen LogP) is 4.50. The lowest BCUT2D eigenvalue weighted by Crippen LogP contribution is -2.32. The molecule has 1 unspecified atom stereocenters. The van der Waals surface area contributed by atoms with Crippen molar-refractivity contribution in [2.24, 2.45) is 0 Å². The number of carboxylic acids is 1. The molecular weight excluding hydrogens is 369 g/mol. The number of halogens is 1. The first kappa shape index (κ1) is 17.6. The van der Waals surface area contributed by atoms with Crippen molar-refractivity contribution in [1.29, 1.82) is 0 Å². The van der Waals surface area contributed by atoms with Gasteiger partial charge in [0.05, 0.1) is 17.5 Å². The zero-order chi connectivity index (χ0) is 20.2. The van der Waals surface area contributed by atoms with Crippen LogP contribution in [0.1, 0.15) is 39.4 Å². The Morgan fingerprint density at radius 3 is 2.59 bits per heavy atom. The molecule has 1 amide bonds. The first-order valence-corrected chi connectivity index (χ1v) is 9.50. The smallest absolute Gasteiger partial charge is 0.335 e. The molecule has 144 valence electrons. The Kier molecular flexibility index (Phi) is 3.81. The van der Waals surface area contributed by atoms with Crippen molar-refractivity contribution in [3.8, 4) is 0 Å². The van der Waals surface area contributed by atoms with E-state index in [0.717, 1.165) is 22.4 Å². The van der Waals surface area contributed by atoms with Crippen LogP contribution in [0.5, 0.6) is 0 Å². The maximum atomic E-state index is 13.6. The normalized spacial score (nSPS) is 22.0. The molecule has 1 fully saturated rings. The highest BCUT2D eigenvalue weighted by Crippen LogP contribution is 2.66. The molecule has 2 atom stereocenters. The van der Waals surface area contributed by atoms with Gasteiger partial charge in [-0.1, -0.05) is 42.5 Å². The van der Waals surface area contributed by atoms with Gasteiger partial charge < -0.3 is 10.0 Å². The van der Waals surface area contributed by atoms with Gasteiger partial charge >= 0.3 is 5.97 Å². The van der Waals surface area contributed by atoms with Crippen LogP contribution in [0, 0.1) is 5.82 Å². The lowest BCUT2D eigenvalue weighted by atomic mass is 9.92. The number of amides is 1. The van der Waals surface area contributed by atoms with Gasteiger partial charge in [-0.05, 0) is 53.4 Å². The molecule has 1 N–H and O–H groups in total. The maximum absolute atomic E-state index is 13.6. The molecule has 1 aliphatic carbocycles. The summed E-state index contributed by atoms with van der Waals surface area (Å²) >= 11 is 0. The van der Waals surface area contributed by atoms with Crippen LogP contribution in [0.25, 0.3) is 0 Å². The molecule has 3 aromatic carbocycles. The SMILES string of the molecule is O=C(O)c1cccc(CN2C(=O)C3(C[C@@H]3c3ccc(F)cc3)c3ccccc32)c1. The predicted molar refractivity (Wildman–Crippen MR) is 106 cm³/mol. The van der Waals surface area contributed by atoms with Crippen molar-refractivity contribution in [3.05, 3.63) is 101 Å². The Morgan fingerprint density at radius 1 is 1.07 bits per heavy atom. The number of aromatic carboxylic acids is 1. The lowest BCUT2D eigenvalue weighted by molar-refractivity contribution is -0.120. The zero-order valence-corrected chi connectivity index (χ0v) is 15.5. The highest BCUT2D eigenvalue weighted by molar-refractivity contribution is 6.11. The van der Waals surface area contributed by atoms with Crippen molar-refractivity contribution in [3.63, 3.8) is 0 Å². The molecule has 1 heterocycles. The second kappa shape index (κ2) is 6.27. The van der Waals surface area contributed by atoms with Crippen LogP contribution in [0.3, 0.4) is 0 Å². The van der Waals surface area contributed by atoms with Crippen LogP contribution < -0.4 is 4.90 Å². The highest BCUT2D eigenvalue weighted by Gasteiger charge is 2.67. The molecule has 4 nitrogen and oxygen atoms in total. The van der Waals surface area contributed by atoms with Crippen LogP contribution in [-0.4, -0.2) is 17.0 Å². The molecule has 2 aliphatic rings. The van der Waals surface area contributed by atoms with Crippen LogP contribution >= 0.6 is 0 Å². The Morgan fingerprint density at radius 2 is 1.83 bits per heavy atom. The second-order valence-corrected chi connectivity index (χ2v) is 7.69. The quantitative estimate of drug-likeness (QED) is 0.717. The Bertz CT molecular complexity index is 1140. The second-order valence-electron chi connectivity index (χ2n) is 7.69.